The van der Waals surface area contributed by atoms with Crippen LogP contribution in [0.25, 0.3) is 126 Å². The molecule has 72 heavy (non-hydrogen) atoms. The molecule has 14 rings (SSSR count). The number of nitrogens with zero attached hydrogens (tertiary/aromatic N) is 1. The first-order valence-corrected chi connectivity index (χ1v) is 25.7. The van der Waals surface area contributed by atoms with Crippen LogP contribution in [0.3, 0.4) is 0 Å². The lowest BCUT2D eigenvalue weighted by atomic mass is 9.49. The fraction of sp³-hybridized carbons (Fsp3) is 0.127. The molecular formula is C71H55N. The third-order valence-corrected chi connectivity index (χ3v) is 16.6. The van der Waals surface area contributed by atoms with E-state index in [1.54, 1.807) is 0 Å². The van der Waals surface area contributed by atoms with Crippen LogP contribution in [0.2, 0.25) is 0 Å². The monoisotopic (exact) mass is 921 g/mol. The Morgan fingerprint density at radius 3 is 1.29 bits per heavy atom. The normalized spacial score (nSPS) is 13.5. The first-order valence-electron chi connectivity index (χ1n) is 25.7. The van der Waals surface area contributed by atoms with Gasteiger partial charge in [-0.1, -0.05) is 224 Å². The Morgan fingerprint density at radius 1 is 0.278 bits per heavy atom. The van der Waals surface area contributed by atoms with Gasteiger partial charge in [0.05, 0.1) is 11.0 Å². The Kier molecular flexibility index (Phi) is 9.09. The molecule has 1 aliphatic rings. The minimum absolute atomic E-state index is 0.137. The zero-order valence-electron chi connectivity index (χ0n) is 41.8. The number of fused-ring (bicyclic) bond motifs is 15. The average Bonchev–Trinajstić information content (AvgIpc) is 3.92. The van der Waals surface area contributed by atoms with E-state index in [1.165, 1.54) is 137 Å². The zero-order chi connectivity index (χ0) is 48.7. The fourth-order valence-electron chi connectivity index (χ4n) is 14.4. The number of benzene rings is 12. The summed E-state index contributed by atoms with van der Waals surface area (Å²) >= 11 is 0. The molecule has 0 saturated heterocycles. The number of hydrogen-bond acceptors (Lipinski definition) is 0. The van der Waals surface area contributed by atoms with Gasteiger partial charge in [-0.2, -0.15) is 0 Å². The van der Waals surface area contributed by atoms with Crippen LogP contribution >= 0.6 is 0 Å². The van der Waals surface area contributed by atoms with E-state index in [0.29, 0.717) is 0 Å². The van der Waals surface area contributed by atoms with E-state index in [-0.39, 0.29) is 16.2 Å². The molecule has 0 spiro atoms. The molecule has 0 atom stereocenters. The molecule has 1 aliphatic carbocycles. The van der Waals surface area contributed by atoms with Crippen molar-refractivity contribution in [2.24, 2.45) is 10.8 Å². The molecule has 0 unspecified atom stereocenters. The lowest BCUT2D eigenvalue weighted by molar-refractivity contribution is 0.0977. The second-order valence-electron chi connectivity index (χ2n) is 22.3. The Morgan fingerprint density at radius 2 is 0.708 bits per heavy atom. The first kappa shape index (κ1) is 42.6. The van der Waals surface area contributed by atoms with Crippen molar-refractivity contribution in [3.05, 3.63) is 236 Å². The Balaban J connectivity index is 1.02. The Labute approximate surface area is 421 Å². The van der Waals surface area contributed by atoms with E-state index >= 15 is 0 Å². The maximum absolute atomic E-state index is 2.58. The van der Waals surface area contributed by atoms with E-state index in [4.69, 9.17) is 0 Å². The molecule has 0 radical (unpaired) electrons. The van der Waals surface area contributed by atoms with Crippen molar-refractivity contribution >= 4 is 75.7 Å². The molecule has 0 aliphatic heterocycles. The number of hydrogen-bond donors (Lipinski definition) is 0. The molecule has 1 aromatic heterocycles. The van der Waals surface area contributed by atoms with Crippen LogP contribution in [0, 0.1) is 10.8 Å². The molecule has 1 heteroatoms. The Bertz CT molecular complexity index is 4330. The van der Waals surface area contributed by atoms with E-state index in [9.17, 15) is 0 Å². The van der Waals surface area contributed by atoms with E-state index in [2.05, 4.69) is 271 Å². The lowest BCUT2D eigenvalue weighted by Crippen LogP contribution is -2.50. The highest BCUT2D eigenvalue weighted by molar-refractivity contribution is 6.24. The third kappa shape index (κ3) is 5.77. The van der Waals surface area contributed by atoms with Crippen molar-refractivity contribution in [1.82, 2.24) is 4.57 Å². The van der Waals surface area contributed by atoms with Gasteiger partial charge >= 0.3 is 0 Å². The standard InChI is InChI=1S/C71H55N/c1-69(2,3)71(70(4,5)6)67-57-36-18-12-29-50(57)59(43-61(67)66-52-31-13-10-27-48(52)49-28-11-19-37-58(49)68(66)71)44-23-22-24-45(41-44)64-53-32-14-16-34-55(53)65(56-35-17-15-33-54(56)64)46-39-40-63-60(42-46)51-30-20-21-38-62(51)72(63)47-25-8-7-9-26-47/h7-43H,1-6H3. The van der Waals surface area contributed by atoms with Crippen molar-refractivity contribution in [1.29, 1.82) is 0 Å². The highest BCUT2D eigenvalue weighted by Gasteiger charge is 2.59. The van der Waals surface area contributed by atoms with Crippen LogP contribution in [0.1, 0.15) is 52.7 Å². The summed E-state index contributed by atoms with van der Waals surface area (Å²) in [5.74, 6) is 0. The summed E-state index contributed by atoms with van der Waals surface area (Å²) < 4.78 is 2.40. The predicted molar refractivity (Wildman–Crippen MR) is 310 cm³/mol. The van der Waals surface area contributed by atoms with Gasteiger partial charge in [-0.15, -0.1) is 0 Å². The van der Waals surface area contributed by atoms with Crippen LogP contribution in [0.4, 0.5) is 0 Å². The maximum atomic E-state index is 2.58. The van der Waals surface area contributed by atoms with E-state index in [0.717, 1.165) is 0 Å². The number of para-hydroxylation sites is 2. The SMILES string of the molecule is CC(C)(C)C1(C(C)(C)C)c2c(cc(-c3cccc(-c4c5ccccc5c(-c5ccc6c(c5)c5ccccc5n6-c5ccccc5)c5ccccc45)c3)c3ccccc23)-c2c1c1ccccc1c1ccccc21. The van der Waals surface area contributed by atoms with Gasteiger partial charge in [-0.05, 0) is 163 Å². The van der Waals surface area contributed by atoms with Crippen LogP contribution in [0.5, 0.6) is 0 Å². The van der Waals surface area contributed by atoms with Crippen LogP contribution in [-0.2, 0) is 5.41 Å². The highest BCUT2D eigenvalue weighted by atomic mass is 15.0. The molecule has 1 nitrogen and oxygen atoms in total. The second kappa shape index (κ2) is 15.4. The number of aromatic nitrogens is 1. The van der Waals surface area contributed by atoms with Crippen LogP contribution in [-0.4, -0.2) is 4.57 Å². The van der Waals surface area contributed by atoms with Gasteiger partial charge in [0, 0.05) is 21.9 Å². The number of rotatable bonds is 4. The molecule has 0 N–H and O–H groups in total. The minimum atomic E-state index is -0.322. The highest BCUT2D eigenvalue weighted by Crippen LogP contribution is 2.69. The van der Waals surface area contributed by atoms with Gasteiger partial charge in [0.1, 0.15) is 0 Å². The molecule has 344 valence electrons. The molecule has 0 fully saturated rings. The van der Waals surface area contributed by atoms with E-state index in [1.807, 2.05) is 0 Å². The molecule has 0 saturated carbocycles. The minimum Gasteiger partial charge on any atom is -0.309 e. The summed E-state index contributed by atoms with van der Waals surface area (Å²) in [6, 6.07) is 84.5. The maximum Gasteiger partial charge on any atom is 0.0541 e. The van der Waals surface area contributed by atoms with Crippen molar-refractivity contribution < 1.29 is 0 Å². The smallest absolute Gasteiger partial charge is 0.0541 e. The van der Waals surface area contributed by atoms with E-state index < -0.39 is 0 Å². The summed E-state index contributed by atoms with van der Waals surface area (Å²) in [6.07, 6.45) is 0. The summed E-state index contributed by atoms with van der Waals surface area (Å²) in [5, 5.41) is 15.5. The summed E-state index contributed by atoms with van der Waals surface area (Å²) in [5.41, 5.74) is 16.1. The average molecular weight is 922 g/mol. The molecular weight excluding hydrogens is 867 g/mol. The summed E-state index contributed by atoms with van der Waals surface area (Å²) in [6.45, 7) is 14.9. The van der Waals surface area contributed by atoms with Gasteiger partial charge in [-0.25, -0.2) is 0 Å². The van der Waals surface area contributed by atoms with Crippen LogP contribution < -0.4 is 0 Å². The van der Waals surface area contributed by atoms with Gasteiger partial charge < -0.3 is 4.57 Å². The topological polar surface area (TPSA) is 4.93 Å². The summed E-state index contributed by atoms with van der Waals surface area (Å²) in [7, 11) is 0. The fourth-order valence-corrected chi connectivity index (χ4v) is 14.4. The van der Waals surface area contributed by atoms with Crippen LogP contribution in [0.15, 0.2) is 224 Å². The van der Waals surface area contributed by atoms with Gasteiger partial charge in [0.2, 0.25) is 0 Å². The molecule has 13 aromatic rings. The lowest BCUT2D eigenvalue weighted by Gasteiger charge is -2.54. The van der Waals surface area contributed by atoms with Gasteiger partial charge in [-0.3, -0.25) is 0 Å². The Hall–Kier alpha value is -8.26. The second-order valence-corrected chi connectivity index (χ2v) is 22.3. The van der Waals surface area contributed by atoms with Crippen molar-refractivity contribution in [3.63, 3.8) is 0 Å². The third-order valence-electron chi connectivity index (χ3n) is 16.6. The molecule has 12 aromatic carbocycles. The molecule has 1 heterocycles. The zero-order valence-corrected chi connectivity index (χ0v) is 41.8. The first-order chi connectivity index (χ1) is 35.0. The van der Waals surface area contributed by atoms with Crippen molar-refractivity contribution in [3.8, 4) is 50.2 Å². The van der Waals surface area contributed by atoms with Crippen molar-refractivity contribution in [2.75, 3.05) is 0 Å². The van der Waals surface area contributed by atoms with Gasteiger partial charge in [0.15, 0.2) is 0 Å². The summed E-state index contributed by atoms with van der Waals surface area (Å²) in [4.78, 5) is 0. The largest absolute Gasteiger partial charge is 0.309 e. The van der Waals surface area contributed by atoms with Crippen molar-refractivity contribution in [2.45, 2.75) is 47.0 Å². The quantitative estimate of drug-likeness (QED) is 0.122. The molecule has 0 amide bonds. The van der Waals surface area contributed by atoms with Gasteiger partial charge in [0.25, 0.3) is 0 Å². The molecule has 0 bridgehead atoms. The predicted octanol–water partition coefficient (Wildman–Crippen LogP) is 19.9.